The molecule has 0 heterocycles. The molecule has 0 aliphatic heterocycles. The van der Waals surface area contributed by atoms with Gasteiger partial charge in [-0.1, -0.05) is 0 Å². The summed E-state index contributed by atoms with van der Waals surface area (Å²) in [5, 5.41) is 8.18. The average Bonchev–Trinajstić information content (AvgIpc) is 2.68. The molecule has 0 aromatic heterocycles. The number of hydrogen-bond donors (Lipinski definition) is 4. The molecule has 2 rings (SSSR count). The van der Waals surface area contributed by atoms with Crippen LogP contribution >= 0.6 is 0 Å². The third kappa shape index (κ3) is 7.00. The Labute approximate surface area is 169 Å². The Bertz CT molecular complexity index is 853. The normalized spacial score (nSPS) is 12.6. The van der Waals surface area contributed by atoms with Crippen LogP contribution in [-0.4, -0.2) is 36.9 Å². The molecule has 0 saturated heterocycles. The van der Waals surface area contributed by atoms with Gasteiger partial charge >= 0.3 is 0 Å². The van der Waals surface area contributed by atoms with Crippen LogP contribution in [-0.2, 0) is 14.4 Å². The van der Waals surface area contributed by atoms with Crippen LogP contribution in [0.4, 0.5) is 21.5 Å². The molecular formula is C21H26FN4O3+. The van der Waals surface area contributed by atoms with Gasteiger partial charge in [0.05, 0.1) is 6.54 Å². The van der Waals surface area contributed by atoms with E-state index >= 15 is 0 Å². The van der Waals surface area contributed by atoms with E-state index in [1.165, 1.54) is 31.2 Å². The molecule has 0 bridgehead atoms. The van der Waals surface area contributed by atoms with E-state index in [4.69, 9.17) is 0 Å². The van der Waals surface area contributed by atoms with Gasteiger partial charge < -0.3 is 20.9 Å². The standard InChI is InChI=1S/C21H25FN4O3/c1-4-26(14(2)21(29)25-19-7-5-16(22)6-8-19)13-20(28)24-18-11-9-17(10-12-18)23-15(3)27/h5-12,14H,4,13H2,1-3H3,(H,23,27)(H,24,28)(H,25,29)/p+1/t14-/m1/s1. The molecule has 0 radical (unpaired) electrons. The highest BCUT2D eigenvalue weighted by atomic mass is 19.1. The maximum atomic E-state index is 13.0. The maximum Gasteiger partial charge on any atom is 0.282 e. The van der Waals surface area contributed by atoms with Gasteiger partial charge in [0.1, 0.15) is 5.82 Å². The lowest BCUT2D eigenvalue weighted by Crippen LogP contribution is -3.17. The molecule has 29 heavy (non-hydrogen) atoms. The fraction of sp³-hybridized carbons (Fsp3) is 0.286. The van der Waals surface area contributed by atoms with Crippen molar-refractivity contribution in [2.45, 2.75) is 26.8 Å². The van der Waals surface area contributed by atoms with Crippen molar-refractivity contribution in [2.24, 2.45) is 0 Å². The van der Waals surface area contributed by atoms with Crippen molar-refractivity contribution in [1.82, 2.24) is 0 Å². The molecule has 0 aliphatic rings. The van der Waals surface area contributed by atoms with E-state index in [9.17, 15) is 18.8 Å². The fourth-order valence-electron chi connectivity index (χ4n) is 2.80. The Balaban J connectivity index is 1.91. The van der Waals surface area contributed by atoms with E-state index in [-0.39, 0.29) is 30.1 Å². The molecule has 2 aromatic rings. The summed E-state index contributed by atoms with van der Waals surface area (Å²) in [7, 11) is 0. The third-order valence-electron chi connectivity index (χ3n) is 4.45. The lowest BCUT2D eigenvalue weighted by Gasteiger charge is -2.23. The first-order chi connectivity index (χ1) is 13.8. The number of carbonyl (C=O) groups excluding carboxylic acids is 3. The van der Waals surface area contributed by atoms with Crippen LogP contribution in [0.25, 0.3) is 0 Å². The SMILES string of the molecule is CC[NH+](CC(=O)Nc1ccc(NC(C)=O)cc1)[C@H](C)C(=O)Nc1ccc(F)cc1. The van der Waals surface area contributed by atoms with Crippen LogP contribution < -0.4 is 20.9 Å². The zero-order valence-corrected chi connectivity index (χ0v) is 16.7. The third-order valence-corrected chi connectivity index (χ3v) is 4.45. The van der Waals surface area contributed by atoms with Gasteiger partial charge in [0.25, 0.3) is 11.8 Å². The van der Waals surface area contributed by atoms with Crippen molar-refractivity contribution in [3.63, 3.8) is 0 Å². The highest BCUT2D eigenvalue weighted by Crippen LogP contribution is 2.13. The Morgan fingerprint density at radius 2 is 1.38 bits per heavy atom. The van der Waals surface area contributed by atoms with E-state index in [2.05, 4.69) is 16.0 Å². The highest BCUT2D eigenvalue weighted by Gasteiger charge is 2.26. The topological polar surface area (TPSA) is 91.7 Å². The molecule has 0 spiro atoms. The van der Waals surface area contributed by atoms with Gasteiger partial charge in [-0.3, -0.25) is 14.4 Å². The number of amides is 3. The van der Waals surface area contributed by atoms with E-state index < -0.39 is 6.04 Å². The monoisotopic (exact) mass is 401 g/mol. The Hall–Kier alpha value is -3.26. The number of anilines is 3. The first-order valence-electron chi connectivity index (χ1n) is 9.37. The second-order valence-electron chi connectivity index (χ2n) is 6.71. The quantitative estimate of drug-likeness (QED) is 0.542. The van der Waals surface area contributed by atoms with Crippen molar-refractivity contribution in [1.29, 1.82) is 0 Å². The van der Waals surface area contributed by atoms with E-state index in [0.717, 1.165) is 4.90 Å². The molecule has 0 saturated carbocycles. The molecule has 2 aromatic carbocycles. The van der Waals surface area contributed by atoms with Crippen LogP contribution in [0.1, 0.15) is 20.8 Å². The highest BCUT2D eigenvalue weighted by molar-refractivity contribution is 5.95. The van der Waals surface area contributed by atoms with Crippen molar-refractivity contribution in [2.75, 3.05) is 29.0 Å². The van der Waals surface area contributed by atoms with E-state index in [1.807, 2.05) is 6.92 Å². The summed E-state index contributed by atoms with van der Waals surface area (Å²) in [5.74, 6) is -1.02. The minimum atomic E-state index is -0.474. The number of quaternary nitrogens is 1. The van der Waals surface area contributed by atoms with E-state index in [1.54, 1.807) is 31.2 Å². The van der Waals surface area contributed by atoms with Gasteiger partial charge in [0.2, 0.25) is 5.91 Å². The predicted octanol–water partition coefficient (Wildman–Crippen LogP) is 1.65. The van der Waals surface area contributed by atoms with Gasteiger partial charge in [0, 0.05) is 24.0 Å². The van der Waals surface area contributed by atoms with Crippen molar-refractivity contribution >= 4 is 34.8 Å². The van der Waals surface area contributed by atoms with Crippen LogP contribution in [0, 0.1) is 5.82 Å². The molecule has 8 heteroatoms. The number of likely N-dealkylation sites (N-methyl/N-ethyl adjacent to an activating group) is 1. The average molecular weight is 401 g/mol. The Morgan fingerprint density at radius 1 is 0.897 bits per heavy atom. The van der Waals surface area contributed by atoms with Crippen molar-refractivity contribution in [3.05, 3.63) is 54.3 Å². The number of carbonyl (C=O) groups is 3. The van der Waals surface area contributed by atoms with Gasteiger partial charge in [-0.05, 0) is 62.4 Å². The van der Waals surface area contributed by atoms with Crippen LogP contribution in [0.2, 0.25) is 0 Å². The largest absolute Gasteiger partial charge is 0.326 e. The second-order valence-corrected chi connectivity index (χ2v) is 6.71. The first kappa shape index (κ1) is 22.0. The lowest BCUT2D eigenvalue weighted by atomic mass is 10.2. The number of benzene rings is 2. The van der Waals surface area contributed by atoms with E-state index in [0.29, 0.717) is 23.6 Å². The smallest absolute Gasteiger partial charge is 0.282 e. The first-order valence-corrected chi connectivity index (χ1v) is 9.37. The van der Waals surface area contributed by atoms with Gasteiger partial charge in [-0.15, -0.1) is 0 Å². The predicted molar refractivity (Wildman–Crippen MR) is 110 cm³/mol. The van der Waals surface area contributed by atoms with Crippen LogP contribution in [0.15, 0.2) is 48.5 Å². The summed E-state index contributed by atoms with van der Waals surface area (Å²) in [6.45, 7) is 5.75. The number of hydrogen-bond acceptors (Lipinski definition) is 3. The zero-order chi connectivity index (χ0) is 21.4. The minimum Gasteiger partial charge on any atom is -0.326 e. The zero-order valence-electron chi connectivity index (χ0n) is 16.7. The summed E-state index contributed by atoms with van der Waals surface area (Å²) in [5.41, 5.74) is 1.74. The van der Waals surface area contributed by atoms with Gasteiger partial charge in [-0.2, -0.15) is 0 Å². The lowest BCUT2D eigenvalue weighted by molar-refractivity contribution is -0.904. The molecule has 1 unspecified atom stereocenters. The summed E-state index contributed by atoms with van der Waals surface area (Å²) < 4.78 is 13.0. The van der Waals surface area contributed by atoms with Crippen molar-refractivity contribution in [3.8, 4) is 0 Å². The molecule has 2 atom stereocenters. The Kier molecular flexibility index (Phi) is 7.85. The molecular weight excluding hydrogens is 375 g/mol. The molecule has 154 valence electrons. The minimum absolute atomic E-state index is 0.113. The maximum absolute atomic E-state index is 13.0. The van der Waals surface area contributed by atoms with Gasteiger partial charge in [0.15, 0.2) is 12.6 Å². The molecule has 4 N–H and O–H groups in total. The molecule has 7 nitrogen and oxygen atoms in total. The summed E-state index contributed by atoms with van der Waals surface area (Å²) in [6, 6.07) is 11.8. The fourth-order valence-corrected chi connectivity index (χ4v) is 2.80. The summed E-state index contributed by atoms with van der Waals surface area (Å²) >= 11 is 0. The molecule has 0 fully saturated rings. The number of rotatable bonds is 8. The number of nitrogens with one attached hydrogen (secondary N) is 4. The molecule has 0 aliphatic carbocycles. The van der Waals surface area contributed by atoms with Crippen LogP contribution in [0.5, 0.6) is 0 Å². The second kappa shape index (κ2) is 10.3. The van der Waals surface area contributed by atoms with Crippen molar-refractivity contribution < 1.29 is 23.7 Å². The molecule has 3 amide bonds. The van der Waals surface area contributed by atoms with Crippen LogP contribution in [0.3, 0.4) is 0 Å². The number of halogens is 1. The van der Waals surface area contributed by atoms with Gasteiger partial charge in [-0.25, -0.2) is 4.39 Å². The summed E-state index contributed by atoms with van der Waals surface area (Å²) in [4.78, 5) is 36.7. The summed E-state index contributed by atoms with van der Waals surface area (Å²) in [6.07, 6.45) is 0. The Morgan fingerprint density at radius 3 is 1.90 bits per heavy atom.